The van der Waals surface area contributed by atoms with Gasteiger partial charge >= 0.3 is 0 Å². The van der Waals surface area contributed by atoms with E-state index in [0.29, 0.717) is 10.8 Å². The number of aromatic nitrogens is 2. The first kappa shape index (κ1) is 17.0. The SMILES string of the molecule is C#Cc1ccc(Nc2nc(-c3cccc(Cl)c3)nc(C)c2CC)cc1. The van der Waals surface area contributed by atoms with Crippen LogP contribution < -0.4 is 5.32 Å². The van der Waals surface area contributed by atoms with E-state index >= 15 is 0 Å². The Morgan fingerprint density at radius 2 is 1.88 bits per heavy atom. The Balaban J connectivity index is 2.03. The fourth-order valence-electron chi connectivity index (χ4n) is 2.67. The van der Waals surface area contributed by atoms with Gasteiger partial charge in [0.05, 0.1) is 0 Å². The monoisotopic (exact) mass is 347 g/mol. The smallest absolute Gasteiger partial charge is 0.161 e. The van der Waals surface area contributed by atoms with Crippen molar-refractivity contribution >= 4 is 23.1 Å². The first-order valence-corrected chi connectivity index (χ1v) is 8.45. The lowest BCUT2D eigenvalue weighted by atomic mass is 10.1. The first-order valence-electron chi connectivity index (χ1n) is 8.08. The maximum atomic E-state index is 6.10. The minimum atomic E-state index is 0.653. The average molecular weight is 348 g/mol. The third-order valence-corrected chi connectivity index (χ3v) is 4.20. The number of rotatable bonds is 4. The maximum absolute atomic E-state index is 6.10. The van der Waals surface area contributed by atoms with Gasteiger partial charge in [0.25, 0.3) is 0 Å². The van der Waals surface area contributed by atoms with Crippen LogP contribution in [0.5, 0.6) is 0 Å². The molecule has 0 atom stereocenters. The highest BCUT2D eigenvalue weighted by atomic mass is 35.5. The van der Waals surface area contributed by atoms with Crippen LogP contribution in [0.4, 0.5) is 11.5 Å². The summed E-state index contributed by atoms with van der Waals surface area (Å²) in [5.41, 5.74) is 4.72. The molecule has 0 fully saturated rings. The Morgan fingerprint density at radius 1 is 1.12 bits per heavy atom. The molecule has 1 heterocycles. The standard InChI is InChI=1S/C21H18ClN3/c1-4-15-9-11-18(12-10-15)24-21-19(5-2)14(3)23-20(25-21)16-7-6-8-17(22)13-16/h1,6-13H,5H2,2-3H3,(H,23,24,25). The summed E-state index contributed by atoms with van der Waals surface area (Å²) in [5, 5.41) is 4.05. The van der Waals surface area contributed by atoms with Gasteiger partial charge in [-0.05, 0) is 49.7 Å². The molecule has 0 saturated carbocycles. The minimum absolute atomic E-state index is 0.653. The van der Waals surface area contributed by atoms with Crippen LogP contribution in [0, 0.1) is 19.3 Å². The number of halogens is 1. The van der Waals surface area contributed by atoms with Gasteiger partial charge in [-0.3, -0.25) is 0 Å². The van der Waals surface area contributed by atoms with Crippen molar-refractivity contribution in [3.05, 3.63) is 70.4 Å². The lowest BCUT2D eigenvalue weighted by molar-refractivity contribution is 1.01. The number of nitrogens with zero attached hydrogens (tertiary/aromatic N) is 2. The van der Waals surface area contributed by atoms with Crippen LogP contribution in [0.25, 0.3) is 11.4 Å². The lowest BCUT2D eigenvalue weighted by Crippen LogP contribution is -2.05. The number of benzene rings is 2. The highest BCUT2D eigenvalue weighted by Gasteiger charge is 2.12. The predicted molar refractivity (Wildman–Crippen MR) is 104 cm³/mol. The Kier molecular flexibility index (Phi) is 5.02. The zero-order chi connectivity index (χ0) is 17.8. The molecule has 0 aliphatic carbocycles. The van der Waals surface area contributed by atoms with E-state index in [4.69, 9.17) is 23.0 Å². The maximum Gasteiger partial charge on any atom is 0.161 e. The van der Waals surface area contributed by atoms with Gasteiger partial charge in [0, 0.05) is 33.1 Å². The third kappa shape index (κ3) is 3.81. The molecule has 0 saturated heterocycles. The zero-order valence-corrected chi connectivity index (χ0v) is 14.9. The fourth-order valence-corrected chi connectivity index (χ4v) is 2.86. The highest BCUT2D eigenvalue weighted by Crippen LogP contribution is 2.26. The molecule has 0 spiro atoms. The van der Waals surface area contributed by atoms with Crippen molar-refractivity contribution in [3.63, 3.8) is 0 Å². The van der Waals surface area contributed by atoms with Crippen molar-refractivity contribution in [3.8, 4) is 23.7 Å². The molecule has 0 aliphatic heterocycles. The van der Waals surface area contributed by atoms with E-state index in [1.807, 2.05) is 55.5 Å². The molecule has 0 radical (unpaired) electrons. The molecule has 4 heteroatoms. The van der Waals surface area contributed by atoms with Gasteiger partial charge < -0.3 is 5.32 Å². The molecule has 1 N–H and O–H groups in total. The molecule has 0 unspecified atom stereocenters. The number of terminal acetylenes is 1. The Labute approximate surface area is 153 Å². The van der Waals surface area contributed by atoms with Gasteiger partial charge in [0.1, 0.15) is 5.82 Å². The highest BCUT2D eigenvalue weighted by molar-refractivity contribution is 6.30. The van der Waals surface area contributed by atoms with E-state index in [1.54, 1.807) is 0 Å². The van der Waals surface area contributed by atoms with Crippen molar-refractivity contribution in [2.24, 2.45) is 0 Å². The second-order valence-electron chi connectivity index (χ2n) is 5.67. The van der Waals surface area contributed by atoms with Crippen molar-refractivity contribution in [2.45, 2.75) is 20.3 Å². The average Bonchev–Trinajstić information content (AvgIpc) is 2.62. The summed E-state index contributed by atoms with van der Waals surface area (Å²) in [6, 6.07) is 15.3. The van der Waals surface area contributed by atoms with Gasteiger partial charge in [-0.1, -0.05) is 36.6 Å². The van der Waals surface area contributed by atoms with Crippen LogP contribution in [0.3, 0.4) is 0 Å². The summed E-state index contributed by atoms with van der Waals surface area (Å²) in [4.78, 5) is 9.38. The van der Waals surface area contributed by atoms with E-state index in [-0.39, 0.29) is 0 Å². The van der Waals surface area contributed by atoms with Gasteiger partial charge in [-0.25, -0.2) is 9.97 Å². The zero-order valence-electron chi connectivity index (χ0n) is 14.2. The van der Waals surface area contributed by atoms with E-state index in [2.05, 4.69) is 23.1 Å². The van der Waals surface area contributed by atoms with Gasteiger partial charge in [0.2, 0.25) is 0 Å². The van der Waals surface area contributed by atoms with Crippen LogP contribution in [-0.2, 0) is 6.42 Å². The minimum Gasteiger partial charge on any atom is -0.340 e. The van der Waals surface area contributed by atoms with E-state index in [1.165, 1.54) is 0 Å². The molecule has 25 heavy (non-hydrogen) atoms. The summed E-state index contributed by atoms with van der Waals surface area (Å²) >= 11 is 6.10. The van der Waals surface area contributed by atoms with Crippen LogP contribution in [0.15, 0.2) is 48.5 Å². The number of aryl methyl sites for hydroxylation is 1. The molecular formula is C21H18ClN3. The molecule has 3 aromatic rings. The van der Waals surface area contributed by atoms with Crippen molar-refractivity contribution < 1.29 is 0 Å². The van der Waals surface area contributed by atoms with Gasteiger partial charge in [-0.2, -0.15) is 0 Å². The number of hydrogen-bond donors (Lipinski definition) is 1. The Morgan fingerprint density at radius 3 is 2.52 bits per heavy atom. The molecule has 2 aromatic carbocycles. The number of hydrogen-bond acceptors (Lipinski definition) is 3. The van der Waals surface area contributed by atoms with Crippen LogP contribution in [0.2, 0.25) is 5.02 Å². The van der Waals surface area contributed by atoms with Crippen molar-refractivity contribution in [2.75, 3.05) is 5.32 Å². The first-order chi connectivity index (χ1) is 12.1. The van der Waals surface area contributed by atoms with Crippen LogP contribution in [-0.4, -0.2) is 9.97 Å². The summed E-state index contributed by atoms with van der Waals surface area (Å²) in [7, 11) is 0. The second-order valence-corrected chi connectivity index (χ2v) is 6.11. The quantitative estimate of drug-likeness (QED) is 0.643. The molecule has 3 nitrogen and oxygen atoms in total. The molecule has 0 aliphatic rings. The van der Waals surface area contributed by atoms with Gasteiger partial charge in [0.15, 0.2) is 5.82 Å². The molecule has 124 valence electrons. The van der Waals surface area contributed by atoms with Crippen molar-refractivity contribution in [1.82, 2.24) is 9.97 Å². The summed E-state index contributed by atoms with van der Waals surface area (Å²) in [5.74, 6) is 4.08. The van der Waals surface area contributed by atoms with E-state index < -0.39 is 0 Å². The molecule has 3 rings (SSSR count). The summed E-state index contributed by atoms with van der Waals surface area (Å²) in [6.45, 7) is 4.10. The van der Waals surface area contributed by atoms with E-state index in [0.717, 1.165) is 40.3 Å². The molecule has 0 bridgehead atoms. The fraction of sp³-hybridized carbons (Fsp3) is 0.143. The second kappa shape index (κ2) is 7.38. The number of anilines is 2. The lowest BCUT2D eigenvalue weighted by Gasteiger charge is -2.14. The molecule has 1 aromatic heterocycles. The summed E-state index contributed by atoms with van der Waals surface area (Å²) in [6.07, 6.45) is 6.25. The molecular weight excluding hydrogens is 330 g/mol. The normalized spacial score (nSPS) is 10.3. The predicted octanol–water partition coefficient (Wildman–Crippen LogP) is 5.39. The number of nitrogens with one attached hydrogen (secondary N) is 1. The third-order valence-electron chi connectivity index (χ3n) is 3.96. The van der Waals surface area contributed by atoms with Crippen LogP contribution in [0.1, 0.15) is 23.7 Å². The van der Waals surface area contributed by atoms with Gasteiger partial charge in [-0.15, -0.1) is 6.42 Å². The van der Waals surface area contributed by atoms with Crippen LogP contribution >= 0.6 is 11.6 Å². The Bertz CT molecular complexity index is 940. The summed E-state index contributed by atoms with van der Waals surface area (Å²) < 4.78 is 0. The topological polar surface area (TPSA) is 37.8 Å². The molecule has 0 amide bonds. The van der Waals surface area contributed by atoms with Crippen molar-refractivity contribution in [1.29, 1.82) is 0 Å². The largest absolute Gasteiger partial charge is 0.340 e. The Hall–Kier alpha value is -2.83. The van der Waals surface area contributed by atoms with E-state index in [9.17, 15) is 0 Å².